The summed E-state index contributed by atoms with van der Waals surface area (Å²) in [5.74, 6) is 0.438. The van der Waals surface area contributed by atoms with Crippen molar-refractivity contribution in [2.75, 3.05) is 13.7 Å². The SMILES string of the molecule is CCCOC1C(NC)CC1Oc1ccc(C(F)(F)F)cc1. The minimum atomic E-state index is -4.32. The van der Waals surface area contributed by atoms with Crippen molar-refractivity contribution >= 4 is 0 Å². The van der Waals surface area contributed by atoms with Crippen molar-refractivity contribution in [3.63, 3.8) is 0 Å². The third-order valence-corrected chi connectivity index (χ3v) is 3.60. The van der Waals surface area contributed by atoms with Gasteiger partial charge in [-0.3, -0.25) is 0 Å². The van der Waals surface area contributed by atoms with E-state index >= 15 is 0 Å². The first kappa shape index (κ1) is 16.1. The molecule has 0 saturated heterocycles. The third-order valence-electron chi connectivity index (χ3n) is 3.60. The maximum absolute atomic E-state index is 12.5. The normalized spacial score (nSPS) is 25.5. The summed E-state index contributed by atoms with van der Waals surface area (Å²) in [6.45, 7) is 2.68. The quantitative estimate of drug-likeness (QED) is 0.875. The van der Waals surface area contributed by atoms with Crippen LogP contribution in [-0.4, -0.2) is 31.9 Å². The molecule has 1 aromatic rings. The summed E-state index contributed by atoms with van der Waals surface area (Å²) in [7, 11) is 1.86. The molecule has 1 aliphatic carbocycles. The highest BCUT2D eigenvalue weighted by molar-refractivity contribution is 5.29. The van der Waals surface area contributed by atoms with Crippen LogP contribution in [0.2, 0.25) is 0 Å². The Morgan fingerprint density at radius 1 is 1.24 bits per heavy atom. The van der Waals surface area contributed by atoms with Crippen LogP contribution in [-0.2, 0) is 10.9 Å². The number of benzene rings is 1. The second-order valence-electron chi connectivity index (χ2n) is 5.14. The molecule has 0 heterocycles. The van der Waals surface area contributed by atoms with E-state index in [1.54, 1.807) is 0 Å². The predicted molar refractivity (Wildman–Crippen MR) is 73.4 cm³/mol. The van der Waals surface area contributed by atoms with Gasteiger partial charge in [0.15, 0.2) is 0 Å². The Morgan fingerprint density at radius 2 is 1.90 bits per heavy atom. The van der Waals surface area contributed by atoms with Gasteiger partial charge < -0.3 is 14.8 Å². The first-order chi connectivity index (χ1) is 9.95. The number of hydrogen-bond donors (Lipinski definition) is 1. The summed E-state index contributed by atoms with van der Waals surface area (Å²) in [6, 6.07) is 5.01. The molecule has 118 valence electrons. The fraction of sp³-hybridized carbons (Fsp3) is 0.600. The van der Waals surface area contributed by atoms with Gasteiger partial charge in [-0.1, -0.05) is 6.92 Å². The summed E-state index contributed by atoms with van der Waals surface area (Å²) in [5, 5.41) is 3.15. The molecule has 6 heteroatoms. The van der Waals surface area contributed by atoms with Crippen LogP contribution in [0.5, 0.6) is 5.75 Å². The molecule has 1 saturated carbocycles. The van der Waals surface area contributed by atoms with Crippen LogP contribution in [0.25, 0.3) is 0 Å². The van der Waals surface area contributed by atoms with Crippen LogP contribution in [0, 0.1) is 0 Å². The van der Waals surface area contributed by atoms with E-state index in [9.17, 15) is 13.2 Å². The highest BCUT2D eigenvalue weighted by Gasteiger charge is 2.43. The Hall–Kier alpha value is -1.27. The molecular formula is C15H20F3NO2. The highest BCUT2D eigenvalue weighted by atomic mass is 19.4. The molecule has 3 atom stereocenters. The molecule has 0 aromatic heterocycles. The van der Waals surface area contributed by atoms with Crippen LogP contribution in [0.4, 0.5) is 13.2 Å². The average Bonchev–Trinajstić information content (AvgIpc) is 2.43. The Bertz CT molecular complexity index is 447. The van der Waals surface area contributed by atoms with Crippen molar-refractivity contribution in [1.29, 1.82) is 0 Å². The zero-order valence-corrected chi connectivity index (χ0v) is 12.1. The molecule has 1 fully saturated rings. The molecule has 0 spiro atoms. The smallest absolute Gasteiger partial charge is 0.416 e. The Balaban J connectivity index is 1.95. The van der Waals surface area contributed by atoms with Crippen molar-refractivity contribution < 1.29 is 22.6 Å². The van der Waals surface area contributed by atoms with Crippen molar-refractivity contribution in [2.45, 2.75) is 44.2 Å². The van der Waals surface area contributed by atoms with Crippen LogP contribution in [0.3, 0.4) is 0 Å². The van der Waals surface area contributed by atoms with E-state index < -0.39 is 11.7 Å². The minimum absolute atomic E-state index is 0.0581. The number of hydrogen-bond acceptors (Lipinski definition) is 3. The zero-order valence-electron chi connectivity index (χ0n) is 12.1. The van der Waals surface area contributed by atoms with Crippen LogP contribution >= 0.6 is 0 Å². The average molecular weight is 303 g/mol. The monoisotopic (exact) mass is 303 g/mol. The first-order valence-corrected chi connectivity index (χ1v) is 7.08. The number of nitrogens with one attached hydrogen (secondary N) is 1. The second kappa shape index (κ2) is 6.66. The molecule has 0 amide bonds. The molecule has 1 aromatic carbocycles. The van der Waals surface area contributed by atoms with Gasteiger partial charge in [0.1, 0.15) is 18.0 Å². The molecule has 0 aliphatic heterocycles. The van der Waals surface area contributed by atoms with E-state index in [1.165, 1.54) is 12.1 Å². The van der Waals surface area contributed by atoms with E-state index in [1.807, 2.05) is 14.0 Å². The largest absolute Gasteiger partial charge is 0.488 e. The third kappa shape index (κ3) is 3.89. The van der Waals surface area contributed by atoms with Crippen LogP contribution in [0.1, 0.15) is 25.3 Å². The van der Waals surface area contributed by atoms with Crippen LogP contribution in [0.15, 0.2) is 24.3 Å². The van der Waals surface area contributed by atoms with E-state index in [0.717, 1.165) is 25.0 Å². The van der Waals surface area contributed by atoms with E-state index in [4.69, 9.17) is 9.47 Å². The second-order valence-corrected chi connectivity index (χ2v) is 5.14. The maximum Gasteiger partial charge on any atom is 0.416 e. The van der Waals surface area contributed by atoms with Gasteiger partial charge in [-0.25, -0.2) is 0 Å². The Kier molecular flexibility index (Phi) is 5.11. The van der Waals surface area contributed by atoms with Crippen molar-refractivity contribution in [3.05, 3.63) is 29.8 Å². The molecule has 0 radical (unpaired) electrons. The Morgan fingerprint density at radius 3 is 2.43 bits per heavy atom. The number of halogens is 3. The molecule has 3 nitrogen and oxygen atoms in total. The van der Waals surface area contributed by atoms with Gasteiger partial charge in [0.2, 0.25) is 0 Å². The molecule has 2 rings (SSSR count). The molecule has 1 N–H and O–H groups in total. The lowest BCUT2D eigenvalue weighted by atomic mass is 9.85. The molecule has 0 bridgehead atoms. The summed E-state index contributed by atoms with van der Waals surface area (Å²) >= 11 is 0. The summed E-state index contributed by atoms with van der Waals surface area (Å²) in [5.41, 5.74) is -0.671. The maximum atomic E-state index is 12.5. The van der Waals surface area contributed by atoms with Crippen molar-refractivity contribution in [2.24, 2.45) is 0 Å². The lowest BCUT2D eigenvalue weighted by molar-refractivity contribution is -0.137. The van der Waals surface area contributed by atoms with Gasteiger partial charge in [0.05, 0.1) is 5.56 Å². The van der Waals surface area contributed by atoms with Crippen LogP contribution < -0.4 is 10.1 Å². The van der Waals surface area contributed by atoms with Gasteiger partial charge in [-0.05, 0) is 37.7 Å². The topological polar surface area (TPSA) is 30.5 Å². The fourth-order valence-electron chi connectivity index (χ4n) is 2.35. The lowest BCUT2D eigenvalue weighted by Gasteiger charge is -2.43. The number of rotatable bonds is 6. The minimum Gasteiger partial charge on any atom is -0.488 e. The van der Waals surface area contributed by atoms with E-state index in [0.29, 0.717) is 12.4 Å². The number of likely N-dealkylation sites (N-methyl/N-ethyl adjacent to an activating group) is 1. The molecule has 21 heavy (non-hydrogen) atoms. The van der Waals surface area contributed by atoms with E-state index in [2.05, 4.69) is 5.32 Å². The summed E-state index contributed by atoms with van der Waals surface area (Å²) < 4.78 is 48.9. The van der Waals surface area contributed by atoms with Crippen molar-refractivity contribution in [3.8, 4) is 5.75 Å². The van der Waals surface area contributed by atoms with E-state index in [-0.39, 0.29) is 18.2 Å². The van der Waals surface area contributed by atoms with Gasteiger partial charge in [-0.2, -0.15) is 13.2 Å². The zero-order chi connectivity index (χ0) is 15.5. The van der Waals surface area contributed by atoms with Gasteiger partial charge in [-0.15, -0.1) is 0 Å². The van der Waals surface area contributed by atoms with Gasteiger partial charge >= 0.3 is 6.18 Å². The summed E-state index contributed by atoms with van der Waals surface area (Å²) in [4.78, 5) is 0. The fourth-order valence-corrected chi connectivity index (χ4v) is 2.35. The molecule has 1 aliphatic rings. The highest BCUT2D eigenvalue weighted by Crippen LogP contribution is 2.32. The predicted octanol–water partition coefficient (Wildman–Crippen LogP) is 3.24. The lowest BCUT2D eigenvalue weighted by Crippen LogP contribution is -2.60. The number of alkyl halides is 3. The summed E-state index contributed by atoms with van der Waals surface area (Å²) in [6.07, 6.45) is -2.80. The van der Waals surface area contributed by atoms with Crippen molar-refractivity contribution in [1.82, 2.24) is 5.32 Å². The van der Waals surface area contributed by atoms with Gasteiger partial charge in [0, 0.05) is 19.1 Å². The molecule has 3 unspecified atom stereocenters. The standard InChI is InChI=1S/C15H20F3NO2/c1-3-8-20-14-12(19-2)9-13(14)21-11-6-4-10(5-7-11)15(16,17)18/h4-7,12-14,19H,3,8-9H2,1-2H3. The Labute approximate surface area is 122 Å². The molecular weight excluding hydrogens is 283 g/mol. The number of ether oxygens (including phenoxy) is 2. The van der Waals surface area contributed by atoms with Gasteiger partial charge in [0.25, 0.3) is 0 Å². The first-order valence-electron chi connectivity index (χ1n) is 7.08.